The molecule has 3 aromatic heterocycles. The summed E-state index contributed by atoms with van der Waals surface area (Å²) in [5, 5.41) is 17.5. The summed E-state index contributed by atoms with van der Waals surface area (Å²) in [6, 6.07) is 23.2. The third kappa shape index (κ3) is 8.47. The third-order valence-corrected chi connectivity index (χ3v) is 13.4. The Morgan fingerprint density at radius 1 is 0.867 bits per heavy atom. The first-order chi connectivity index (χ1) is 28.6. The molecule has 8 rings (SSSR count). The molecule has 0 radical (unpaired) electrons. The molecule has 0 unspecified atom stereocenters. The Labute approximate surface area is 352 Å². The van der Waals surface area contributed by atoms with E-state index < -0.39 is 27.8 Å². The molecular weight excluding hydrogens is 801 g/mol. The van der Waals surface area contributed by atoms with Gasteiger partial charge in [-0.05, 0) is 97.3 Å². The largest absolute Gasteiger partial charge is 0.481 e. The number of benzene rings is 3. The van der Waals surface area contributed by atoms with Crippen LogP contribution in [0.1, 0.15) is 71.3 Å². The number of hydrogen-bond acceptors (Lipinski definition) is 11. The first kappa shape index (κ1) is 40.6. The number of nitrogens with zero attached hydrogens (tertiary/aromatic N) is 6. The molecule has 310 valence electrons. The standard InChI is InChI=1S/C44H46N8O6S2/c1-27-34(24-45-52(27)26-44(2,3)4)32-16-17-38(47-39(32)41(54)49-60(57,58)31-14-12-30(13-15-31)50-21-19-29(20-22-50)42(55)56)51-23-18-28-8-7-9-33(35(28)25-51)40(53)48-43-46-36-10-5-6-11-37(36)59-43/h5-17,24,29H,18-23,25-26H2,1-4H3,(H,49,54)(H,55,56)(H,46,48,53). The van der Waals surface area contributed by atoms with Gasteiger partial charge < -0.3 is 14.9 Å². The summed E-state index contributed by atoms with van der Waals surface area (Å²) >= 11 is 1.40. The summed E-state index contributed by atoms with van der Waals surface area (Å²) in [6.45, 7) is 10.8. The van der Waals surface area contributed by atoms with Gasteiger partial charge in [0.1, 0.15) is 11.5 Å². The monoisotopic (exact) mass is 846 g/mol. The zero-order valence-electron chi connectivity index (χ0n) is 33.8. The van der Waals surface area contributed by atoms with Crippen LogP contribution in [0.4, 0.5) is 16.6 Å². The number of carboxylic acid groups (broad SMARTS) is 1. The maximum Gasteiger partial charge on any atom is 0.306 e. The molecule has 0 bridgehead atoms. The predicted octanol–water partition coefficient (Wildman–Crippen LogP) is 7.14. The molecule has 16 heteroatoms. The van der Waals surface area contributed by atoms with Crippen LogP contribution in [0.25, 0.3) is 21.3 Å². The van der Waals surface area contributed by atoms with Gasteiger partial charge in [-0.3, -0.25) is 24.4 Å². The van der Waals surface area contributed by atoms with E-state index in [0.717, 1.165) is 32.7 Å². The van der Waals surface area contributed by atoms with E-state index in [-0.39, 0.29) is 21.9 Å². The highest BCUT2D eigenvalue weighted by molar-refractivity contribution is 7.90. The second-order valence-corrected chi connectivity index (χ2v) is 19.2. The van der Waals surface area contributed by atoms with Crippen molar-refractivity contribution >= 4 is 66.0 Å². The summed E-state index contributed by atoms with van der Waals surface area (Å²) in [7, 11) is -4.35. The van der Waals surface area contributed by atoms with E-state index in [2.05, 4.69) is 40.9 Å². The van der Waals surface area contributed by atoms with Crippen molar-refractivity contribution in [1.82, 2.24) is 24.5 Å². The zero-order valence-corrected chi connectivity index (χ0v) is 35.4. The number of aliphatic carboxylic acids is 1. The quantitative estimate of drug-likeness (QED) is 0.128. The van der Waals surface area contributed by atoms with Gasteiger partial charge >= 0.3 is 5.97 Å². The minimum atomic E-state index is -4.35. The number of piperidine rings is 1. The fourth-order valence-electron chi connectivity index (χ4n) is 7.86. The molecule has 1 fully saturated rings. The second kappa shape index (κ2) is 16.1. The Balaban J connectivity index is 1.08. The third-order valence-electron chi connectivity index (χ3n) is 11.1. The number of sulfonamides is 1. The van der Waals surface area contributed by atoms with Crippen LogP contribution < -0.4 is 19.8 Å². The van der Waals surface area contributed by atoms with Crippen molar-refractivity contribution in [3.05, 3.63) is 113 Å². The first-order valence-corrected chi connectivity index (χ1v) is 22.1. The lowest BCUT2D eigenvalue weighted by atomic mass is 9.94. The molecule has 1 saturated heterocycles. The van der Waals surface area contributed by atoms with Gasteiger partial charge in [-0.2, -0.15) is 5.10 Å². The summed E-state index contributed by atoms with van der Waals surface area (Å²) in [5.74, 6) is -1.93. The Hall–Kier alpha value is -6.13. The molecule has 3 N–H and O–H groups in total. The molecule has 5 heterocycles. The highest BCUT2D eigenvalue weighted by Crippen LogP contribution is 2.33. The number of anilines is 3. The average Bonchev–Trinajstić information content (AvgIpc) is 3.81. The minimum Gasteiger partial charge on any atom is -0.481 e. The molecule has 14 nitrogen and oxygen atoms in total. The molecule has 0 spiro atoms. The van der Waals surface area contributed by atoms with Crippen LogP contribution in [0.2, 0.25) is 0 Å². The molecular formula is C44H46N8O6S2. The highest BCUT2D eigenvalue weighted by atomic mass is 32.2. The number of carbonyl (C=O) groups is 3. The summed E-state index contributed by atoms with van der Waals surface area (Å²) < 4.78 is 32.7. The molecule has 2 aliphatic heterocycles. The van der Waals surface area contributed by atoms with Crippen LogP contribution >= 0.6 is 11.3 Å². The Kier molecular flexibility index (Phi) is 10.9. The van der Waals surface area contributed by atoms with Gasteiger partial charge in [0.15, 0.2) is 5.13 Å². The van der Waals surface area contributed by atoms with E-state index in [0.29, 0.717) is 79.6 Å². The number of hydrogen-bond donors (Lipinski definition) is 3. The maximum atomic E-state index is 14.3. The molecule has 0 aliphatic carbocycles. The first-order valence-electron chi connectivity index (χ1n) is 19.8. The minimum absolute atomic E-state index is 0.0798. The number of carbonyl (C=O) groups excluding carboxylic acids is 2. The smallest absolute Gasteiger partial charge is 0.306 e. The van der Waals surface area contributed by atoms with Gasteiger partial charge in [-0.1, -0.05) is 56.4 Å². The van der Waals surface area contributed by atoms with Crippen molar-refractivity contribution in [2.45, 2.75) is 64.9 Å². The highest BCUT2D eigenvalue weighted by Gasteiger charge is 2.29. The molecule has 2 aliphatic rings. The number of fused-ring (bicyclic) bond motifs is 2. The van der Waals surface area contributed by atoms with Crippen molar-refractivity contribution in [3.63, 3.8) is 0 Å². The molecule has 2 amide bonds. The maximum absolute atomic E-state index is 14.3. The number of amides is 2. The fraction of sp³-hybridized carbons (Fsp3) is 0.318. The summed E-state index contributed by atoms with van der Waals surface area (Å²) in [6.07, 6.45) is 3.29. The molecule has 6 aromatic rings. The fourth-order valence-corrected chi connectivity index (χ4v) is 9.68. The number of aromatic nitrogens is 4. The lowest BCUT2D eigenvalue weighted by molar-refractivity contribution is -0.142. The Bertz CT molecular complexity index is 2700. The van der Waals surface area contributed by atoms with Gasteiger partial charge in [0.2, 0.25) is 0 Å². The molecule has 60 heavy (non-hydrogen) atoms. The second-order valence-electron chi connectivity index (χ2n) is 16.5. The Morgan fingerprint density at radius 2 is 1.62 bits per heavy atom. The average molecular weight is 847 g/mol. The van der Waals surface area contributed by atoms with Crippen LogP contribution in [0.5, 0.6) is 0 Å². The number of carboxylic acids is 1. The van der Waals surface area contributed by atoms with Gasteiger partial charge in [-0.15, -0.1) is 0 Å². The van der Waals surface area contributed by atoms with Crippen molar-refractivity contribution in [1.29, 1.82) is 0 Å². The van der Waals surface area contributed by atoms with Crippen LogP contribution in [0.3, 0.4) is 0 Å². The normalized spacial score (nSPS) is 14.9. The van der Waals surface area contributed by atoms with Crippen LogP contribution in [-0.4, -0.2) is 70.7 Å². The van der Waals surface area contributed by atoms with E-state index in [1.807, 2.05) is 63.9 Å². The van der Waals surface area contributed by atoms with Crippen molar-refractivity contribution in [2.24, 2.45) is 11.3 Å². The van der Waals surface area contributed by atoms with E-state index in [1.165, 1.54) is 23.5 Å². The number of thiazole rings is 1. The van der Waals surface area contributed by atoms with Crippen LogP contribution in [0, 0.1) is 18.3 Å². The van der Waals surface area contributed by atoms with Crippen molar-refractivity contribution in [3.8, 4) is 11.1 Å². The number of rotatable bonds is 10. The van der Waals surface area contributed by atoms with Gasteiger partial charge in [-0.25, -0.2) is 23.1 Å². The van der Waals surface area contributed by atoms with Crippen molar-refractivity contribution in [2.75, 3.05) is 34.8 Å². The predicted molar refractivity (Wildman–Crippen MR) is 232 cm³/mol. The number of pyridine rings is 1. The molecule has 3 aromatic carbocycles. The lowest BCUT2D eigenvalue weighted by Crippen LogP contribution is -2.36. The topological polar surface area (TPSA) is 180 Å². The Morgan fingerprint density at radius 3 is 2.33 bits per heavy atom. The number of para-hydroxylation sites is 1. The zero-order chi connectivity index (χ0) is 42.3. The molecule has 0 atom stereocenters. The van der Waals surface area contributed by atoms with E-state index in [9.17, 15) is 27.9 Å². The van der Waals surface area contributed by atoms with Crippen LogP contribution in [-0.2, 0) is 34.3 Å². The summed E-state index contributed by atoms with van der Waals surface area (Å²) in [5.41, 5.74) is 5.66. The van der Waals surface area contributed by atoms with Crippen LogP contribution in [0.15, 0.2) is 90.0 Å². The number of nitrogens with one attached hydrogen (secondary N) is 2. The summed E-state index contributed by atoms with van der Waals surface area (Å²) in [4.78, 5) is 52.8. The van der Waals surface area contributed by atoms with Gasteiger partial charge in [0.05, 0.1) is 27.2 Å². The van der Waals surface area contributed by atoms with E-state index in [4.69, 9.17) is 4.98 Å². The van der Waals surface area contributed by atoms with E-state index in [1.54, 1.807) is 30.5 Å². The lowest BCUT2D eigenvalue weighted by Gasteiger charge is -2.32. The van der Waals surface area contributed by atoms with Gasteiger partial charge in [0, 0.05) is 60.8 Å². The van der Waals surface area contributed by atoms with Crippen molar-refractivity contribution < 1.29 is 27.9 Å². The van der Waals surface area contributed by atoms with Gasteiger partial charge in [0.25, 0.3) is 21.8 Å². The SMILES string of the molecule is Cc1c(-c2ccc(N3CCc4cccc(C(=O)Nc5nc6ccccc6s5)c4C3)nc2C(=O)NS(=O)(=O)c2ccc(N3CCC(C(=O)O)CC3)cc2)cnn1CC(C)(C)C. The van der Waals surface area contributed by atoms with E-state index >= 15 is 0 Å². The molecule has 0 saturated carbocycles.